The minimum atomic E-state index is -3.33. The summed E-state index contributed by atoms with van der Waals surface area (Å²) in [4.78, 5) is 14.4. The maximum absolute atomic E-state index is 13.1. The molecule has 128 valence electrons. The number of nitrogens with one attached hydrogen (secondary N) is 1. The molecular weight excluding hydrogens is 323 g/mol. The molecular formula is C14H21FN4O3S. The van der Waals surface area contributed by atoms with Crippen molar-refractivity contribution in [2.75, 3.05) is 12.8 Å². The zero-order valence-corrected chi connectivity index (χ0v) is 13.8. The Bertz CT molecular complexity index is 684. The molecule has 9 heteroatoms. The fourth-order valence-electron chi connectivity index (χ4n) is 3.13. The predicted molar refractivity (Wildman–Crippen MR) is 81.6 cm³/mol. The van der Waals surface area contributed by atoms with E-state index < -0.39 is 16.2 Å². The van der Waals surface area contributed by atoms with Gasteiger partial charge in [0.25, 0.3) is 0 Å². The van der Waals surface area contributed by atoms with Gasteiger partial charge in [-0.1, -0.05) is 0 Å². The van der Waals surface area contributed by atoms with E-state index in [4.69, 9.17) is 0 Å². The summed E-state index contributed by atoms with van der Waals surface area (Å²) in [5.41, 5.74) is 0.913. The zero-order chi connectivity index (χ0) is 16.6. The molecule has 1 aromatic rings. The van der Waals surface area contributed by atoms with Crippen molar-refractivity contribution in [3.63, 3.8) is 0 Å². The van der Waals surface area contributed by atoms with Crippen LogP contribution in [-0.2, 0) is 27.9 Å². The van der Waals surface area contributed by atoms with Crippen molar-refractivity contribution >= 4 is 15.9 Å². The molecule has 0 radical (unpaired) electrons. The first-order chi connectivity index (χ1) is 10.8. The lowest BCUT2D eigenvalue weighted by molar-refractivity contribution is -0.143. The van der Waals surface area contributed by atoms with E-state index >= 15 is 0 Å². The fourth-order valence-corrected chi connectivity index (χ4v) is 3.62. The summed E-state index contributed by atoms with van der Waals surface area (Å²) in [5.74, 6) is -0.381. The van der Waals surface area contributed by atoms with Gasteiger partial charge in [-0.05, 0) is 25.3 Å². The first-order valence-corrected chi connectivity index (χ1v) is 9.62. The number of alkyl halides is 1. The summed E-state index contributed by atoms with van der Waals surface area (Å²) in [5, 5.41) is 4.22. The number of aromatic nitrogens is 2. The topological polar surface area (TPSA) is 84.3 Å². The molecule has 1 N–H and O–H groups in total. The number of aryl methyl sites for hydroxylation is 1. The Labute approximate surface area is 134 Å². The van der Waals surface area contributed by atoms with Crippen LogP contribution in [0.15, 0.2) is 12.3 Å². The van der Waals surface area contributed by atoms with Crippen LogP contribution in [0.2, 0.25) is 0 Å². The molecule has 1 aromatic heterocycles. The SMILES string of the molecule is CS(=O)(=O)NCC1CCn2nccc2CN1C(=O)C1CC(F)C1. The van der Waals surface area contributed by atoms with Crippen molar-refractivity contribution in [1.29, 1.82) is 0 Å². The Morgan fingerprint density at radius 2 is 2.22 bits per heavy atom. The molecule has 0 saturated heterocycles. The molecule has 0 bridgehead atoms. The summed E-state index contributed by atoms with van der Waals surface area (Å²) in [6.07, 6.45) is 3.03. The minimum absolute atomic E-state index is 0.0890. The number of sulfonamides is 1. The van der Waals surface area contributed by atoms with Gasteiger partial charge < -0.3 is 4.90 Å². The number of hydrogen-bond acceptors (Lipinski definition) is 4. The first kappa shape index (κ1) is 16.4. The van der Waals surface area contributed by atoms with Gasteiger partial charge in [0.2, 0.25) is 15.9 Å². The number of halogens is 1. The third-order valence-corrected chi connectivity index (χ3v) is 5.24. The van der Waals surface area contributed by atoms with E-state index in [9.17, 15) is 17.6 Å². The number of carbonyl (C=O) groups excluding carboxylic acids is 1. The van der Waals surface area contributed by atoms with Crippen molar-refractivity contribution in [2.45, 2.75) is 44.6 Å². The number of amides is 1. The molecule has 1 aliphatic carbocycles. The highest BCUT2D eigenvalue weighted by Gasteiger charge is 2.39. The Morgan fingerprint density at radius 3 is 2.87 bits per heavy atom. The van der Waals surface area contributed by atoms with E-state index in [0.29, 0.717) is 19.5 Å². The molecule has 1 aliphatic heterocycles. The van der Waals surface area contributed by atoms with E-state index in [0.717, 1.165) is 11.9 Å². The van der Waals surface area contributed by atoms with Gasteiger partial charge in [-0.15, -0.1) is 0 Å². The molecule has 2 heterocycles. The average Bonchev–Trinajstić information content (AvgIpc) is 2.80. The fraction of sp³-hybridized carbons (Fsp3) is 0.714. The molecule has 1 amide bonds. The van der Waals surface area contributed by atoms with Gasteiger partial charge in [0.15, 0.2) is 0 Å². The van der Waals surface area contributed by atoms with Crippen LogP contribution in [0.4, 0.5) is 4.39 Å². The summed E-state index contributed by atoms with van der Waals surface area (Å²) >= 11 is 0. The largest absolute Gasteiger partial charge is 0.332 e. The molecule has 23 heavy (non-hydrogen) atoms. The molecule has 0 spiro atoms. The number of rotatable bonds is 4. The van der Waals surface area contributed by atoms with E-state index in [2.05, 4.69) is 9.82 Å². The number of hydrogen-bond donors (Lipinski definition) is 1. The highest BCUT2D eigenvalue weighted by atomic mass is 32.2. The van der Waals surface area contributed by atoms with Crippen molar-refractivity contribution in [2.24, 2.45) is 5.92 Å². The third kappa shape index (κ3) is 3.72. The molecule has 2 aliphatic rings. The van der Waals surface area contributed by atoms with E-state index in [1.165, 1.54) is 0 Å². The number of carbonyl (C=O) groups is 1. The molecule has 7 nitrogen and oxygen atoms in total. The van der Waals surface area contributed by atoms with Crippen LogP contribution in [0.3, 0.4) is 0 Å². The zero-order valence-electron chi connectivity index (χ0n) is 13.0. The van der Waals surface area contributed by atoms with Crippen LogP contribution in [0, 0.1) is 5.92 Å². The van der Waals surface area contributed by atoms with Crippen molar-refractivity contribution in [3.05, 3.63) is 18.0 Å². The second-order valence-corrected chi connectivity index (χ2v) is 8.17. The predicted octanol–water partition coefficient (Wildman–Crippen LogP) is 0.281. The van der Waals surface area contributed by atoms with E-state index in [1.54, 1.807) is 11.1 Å². The van der Waals surface area contributed by atoms with E-state index in [-0.39, 0.29) is 37.3 Å². The summed E-state index contributed by atoms with van der Waals surface area (Å²) in [6, 6.07) is 1.60. The van der Waals surface area contributed by atoms with Crippen LogP contribution >= 0.6 is 0 Å². The Morgan fingerprint density at radius 1 is 1.48 bits per heavy atom. The first-order valence-electron chi connectivity index (χ1n) is 7.73. The number of nitrogens with zero attached hydrogens (tertiary/aromatic N) is 3. The van der Waals surface area contributed by atoms with Crippen molar-refractivity contribution < 1.29 is 17.6 Å². The quantitative estimate of drug-likeness (QED) is 0.850. The normalized spacial score (nSPS) is 27.9. The van der Waals surface area contributed by atoms with Gasteiger partial charge in [0.05, 0.1) is 18.5 Å². The number of fused-ring (bicyclic) bond motifs is 1. The van der Waals surface area contributed by atoms with Crippen LogP contribution < -0.4 is 4.72 Å². The second kappa shape index (κ2) is 6.20. The van der Waals surface area contributed by atoms with Crippen LogP contribution in [0.5, 0.6) is 0 Å². The molecule has 1 fully saturated rings. The maximum Gasteiger partial charge on any atom is 0.226 e. The molecule has 1 atom stereocenters. The molecule has 3 rings (SSSR count). The lowest BCUT2D eigenvalue weighted by Gasteiger charge is -2.37. The van der Waals surface area contributed by atoms with Crippen molar-refractivity contribution in [3.8, 4) is 0 Å². The van der Waals surface area contributed by atoms with Gasteiger partial charge in [-0.3, -0.25) is 9.48 Å². The lowest BCUT2D eigenvalue weighted by Crippen LogP contribution is -2.50. The second-order valence-electron chi connectivity index (χ2n) is 6.34. The highest BCUT2D eigenvalue weighted by molar-refractivity contribution is 7.88. The Kier molecular flexibility index (Phi) is 4.41. The minimum Gasteiger partial charge on any atom is -0.332 e. The average molecular weight is 344 g/mol. The lowest BCUT2D eigenvalue weighted by atomic mass is 9.82. The summed E-state index contributed by atoms with van der Waals surface area (Å²) in [6.45, 7) is 1.17. The van der Waals surface area contributed by atoms with Gasteiger partial charge >= 0.3 is 0 Å². The van der Waals surface area contributed by atoms with Crippen molar-refractivity contribution in [1.82, 2.24) is 19.4 Å². The smallest absolute Gasteiger partial charge is 0.226 e. The highest BCUT2D eigenvalue weighted by Crippen LogP contribution is 2.33. The Hall–Kier alpha value is -1.48. The molecule has 0 aromatic carbocycles. The van der Waals surface area contributed by atoms with Crippen LogP contribution in [0.1, 0.15) is 25.0 Å². The summed E-state index contributed by atoms with van der Waals surface area (Å²) in [7, 11) is -3.33. The molecule has 1 saturated carbocycles. The van der Waals surface area contributed by atoms with Crippen LogP contribution in [-0.4, -0.2) is 54.0 Å². The van der Waals surface area contributed by atoms with Gasteiger partial charge in [0, 0.05) is 31.2 Å². The van der Waals surface area contributed by atoms with Gasteiger partial charge in [-0.25, -0.2) is 17.5 Å². The Balaban J connectivity index is 1.77. The van der Waals surface area contributed by atoms with Gasteiger partial charge in [0.1, 0.15) is 6.17 Å². The molecule has 1 unspecified atom stereocenters. The van der Waals surface area contributed by atoms with Crippen LogP contribution in [0.25, 0.3) is 0 Å². The van der Waals surface area contributed by atoms with E-state index in [1.807, 2.05) is 10.7 Å². The third-order valence-electron chi connectivity index (χ3n) is 4.55. The monoisotopic (exact) mass is 344 g/mol. The maximum atomic E-state index is 13.1. The van der Waals surface area contributed by atoms with Gasteiger partial charge in [-0.2, -0.15) is 5.10 Å². The standard InChI is InChI=1S/C14H21FN4O3S/c1-23(21,22)17-8-12-3-5-19-13(2-4-16-19)9-18(12)14(20)10-6-11(15)7-10/h2,4,10-12,17H,3,5-9H2,1H3. The summed E-state index contributed by atoms with van der Waals surface area (Å²) < 4.78 is 40.1.